The predicted octanol–water partition coefficient (Wildman–Crippen LogP) is 2.51. The van der Waals surface area contributed by atoms with Crippen molar-refractivity contribution in [3.63, 3.8) is 0 Å². The molecule has 2 heterocycles. The van der Waals surface area contributed by atoms with E-state index in [1.807, 2.05) is 13.0 Å². The molecule has 5 rings (SSSR count). The maximum absolute atomic E-state index is 13.5. The lowest BCUT2D eigenvalue weighted by atomic mass is 9.58. The predicted molar refractivity (Wildman–Crippen MR) is 132 cm³/mol. The fraction of sp³-hybridized carbons (Fsp3) is 0.429. The van der Waals surface area contributed by atoms with Crippen LogP contribution < -0.4 is 9.64 Å². The normalized spacial score (nSPS) is 29.6. The van der Waals surface area contributed by atoms with E-state index >= 15 is 0 Å². The van der Waals surface area contributed by atoms with Crippen LogP contribution in [0.4, 0.5) is 15.3 Å². The molecule has 0 saturated carbocycles. The third kappa shape index (κ3) is 3.92. The van der Waals surface area contributed by atoms with Crippen molar-refractivity contribution in [2.75, 3.05) is 38.4 Å². The van der Waals surface area contributed by atoms with Crippen LogP contribution in [0.1, 0.15) is 18.9 Å². The number of methoxy groups -OCH3 is 1. The highest BCUT2D eigenvalue weighted by atomic mass is 16.8. The van der Waals surface area contributed by atoms with Gasteiger partial charge in [-0.3, -0.25) is 4.90 Å². The number of ether oxygens (including phenoxy) is 4. The fourth-order valence-electron chi connectivity index (χ4n) is 5.76. The highest BCUT2D eigenvalue weighted by molar-refractivity contribution is 6.00. The molecule has 192 valence electrons. The minimum atomic E-state index is -1.23. The number of amides is 1. The van der Waals surface area contributed by atoms with Gasteiger partial charge in [-0.15, -0.1) is 0 Å². The molecule has 5 atom stereocenters. The lowest BCUT2D eigenvalue weighted by molar-refractivity contribution is -0.0538. The second-order valence-corrected chi connectivity index (χ2v) is 9.23. The first kappa shape index (κ1) is 24.8. The number of carbonyl (C=O) groups is 2. The molecule has 4 bridgehead atoms. The minimum Gasteiger partial charge on any atom is -0.497 e. The van der Waals surface area contributed by atoms with Crippen molar-refractivity contribution in [3.8, 4) is 29.4 Å². The van der Waals surface area contributed by atoms with Gasteiger partial charge in [0, 0.05) is 24.5 Å². The van der Waals surface area contributed by atoms with Crippen LogP contribution in [-0.2, 0) is 14.2 Å². The van der Waals surface area contributed by atoms with Crippen LogP contribution in [0.5, 0.6) is 5.75 Å². The van der Waals surface area contributed by atoms with E-state index in [-0.39, 0.29) is 32.3 Å². The number of allylic oxidation sites excluding steroid dienone is 2. The first-order chi connectivity index (χ1) is 18.0. The second-order valence-electron chi connectivity index (χ2n) is 9.23. The summed E-state index contributed by atoms with van der Waals surface area (Å²) < 4.78 is 22.2. The van der Waals surface area contributed by atoms with Gasteiger partial charge in [-0.25, -0.2) is 9.59 Å². The summed E-state index contributed by atoms with van der Waals surface area (Å²) in [6, 6.07) is 4.59. The van der Waals surface area contributed by atoms with Crippen LogP contribution >= 0.6 is 0 Å². The van der Waals surface area contributed by atoms with Crippen molar-refractivity contribution >= 4 is 23.5 Å². The quantitative estimate of drug-likeness (QED) is 0.357. The maximum Gasteiger partial charge on any atom is 0.509 e. The van der Waals surface area contributed by atoms with E-state index in [0.29, 0.717) is 23.4 Å². The number of carbonyl (C=O) groups excluding carboxylic acids is 2. The SMILES string of the molecule is COc1ccc2c(c1)C1=C3[C@@H](C)[C@@H](CO)[C@@]4(COC(=O)O4)[C@H]1C#C/C=C\C#C[C@@H]3N2C(=O)OCCCO. The third-order valence-corrected chi connectivity index (χ3v) is 7.42. The Morgan fingerprint density at radius 1 is 1.24 bits per heavy atom. The van der Waals surface area contributed by atoms with Crippen molar-refractivity contribution in [2.45, 2.75) is 25.0 Å². The van der Waals surface area contributed by atoms with Gasteiger partial charge in [0.05, 0.1) is 31.9 Å². The maximum atomic E-state index is 13.5. The van der Waals surface area contributed by atoms with Crippen LogP contribution in [0.3, 0.4) is 0 Å². The minimum absolute atomic E-state index is 0.0442. The molecule has 2 aliphatic heterocycles. The zero-order chi connectivity index (χ0) is 26.2. The van der Waals surface area contributed by atoms with Crippen molar-refractivity contribution in [3.05, 3.63) is 41.5 Å². The van der Waals surface area contributed by atoms with Crippen molar-refractivity contribution in [1.82, 2.24) is 0 Å². The first-order valence-corrected chi connectivity index (χ1v) is 12.1. The van der Waals surface area contributed by atoms with Gasteiger partial charge in [-0.1, -0.05) is 30.6 Å². The molecule has 0 radical (unpaired) electrons. The Bertz CT molecular complexity index is 1310. The number of aliphatic hydroxyl groups is 2. The smallest absolute Gasteiger partial charge is 0.497 e. The van der Waals surface area contributed by atoms with Gasteiger partial charge in [0.25, 0.3) is 0 Å². The molecule has 9 heteroatoms. The summed E-state index contributed by atoms with van der Waals surface area (Å²) in [4.78, 5) is 27.2. The number of cyclic esters (lactones) is 1. The van der Waals surface area contributed by atoms with Gasteiger partial charge in [0.2, 0.25) is 0 Å². The van der Waals surface area contributed by atoms with Crippen LogP contribution in [0.2, 0.25) is 0 Å². The Labute approximate surface area is 214 Å². The van der Waals surface area contributed by atoms with E-state index < -0.39 is 35.7 Å². The lowest BCUT2D eigenvalue weighted by Gasteiger charge is -2.51. The molecule has 0 unspecified atom stereocenters. The average molecular weight is 506 g/mol. The standard InChI is InChI=1S/C28H27NO8/c1-17-21(15-31)28(16-36-27(33)37-28)20-8-5-3-4-6-9-23-24(17)25(20)19-14-18(34-2)10-11-22(19)29(23)26(32)35-13-7-12-30/h3-4,10-11,14,17,20-21,23,30-31H,7,12-13,15-16H2,1-2H3/b4-3-/t17-,20-,21+,23-,28+/m0/s1. The molecule has 0 aromatic heterocycles. The van der Waals surface area contributed by atoms with Gasteiger partial charge in [-0.05, 0) is 47.4 Å². The summed E-state index contributed by atoms with van der Waals surface area (Å²) in [6.45, 7) is 1.49. The summed E-state index contributed by atoms with van der Waals surface area (Å²) in [5.41, 5.74) is 1.53. The highest BCUT2D eigenvalue weighted by Crippen LogP contribution is 2.57. The second kappa shape index (κ2) is 9.85. The molecule has 1 fully saturated rings. The zero-order valence-corrected chi connectivity index (χ0v) is 20.5. The van der Waals surface area contributed by atoms with E-state index in [1.54, 1.807) is 31.4 Å². The van der Waals surface area contributed by atoms with Crippen LogP contribution in [0, 0.1) is 41.4 Å². The molecule has 2 aliphatic carbocycles. The van der Waals surface area contributed by atoms with E-state index in [0.717, 1.165) is 11.1 Å². The van der Waals surface area contributed by atoms with E-state index in [9.17, 15) is 14.7 Å². The van der Waals surface area contributed by atoms with Crippen molar-refractivity contribution < 1.29 is 38.7 Å². The number of rotatable bonds is 5. The molecule has 1 aromatic carbocycles. The largest absolute Gasteiger partial charge is 0.509 e. The number of fused-ring (bicyclic) bond motifs is 2. The molecule has 1 aromatic rings. The molecule has 4 aliphatic rings. The number of hydrogen-bond acceptors (Lipinski definition) is 8. The number of benzene rings is 1. The summed E-state index contributed by atoms with van der Waals surface area (Å²) in [5.74, 6) is 11.4. The fourth-order valence-corrected chi connectivity index (χ4v) is 5.76. The summed E-state index contributed by atoms with van der Waals surface area (Å²) >= 11 is 0. The number of anilines is 1. The van der Waals surface area contributed by atoms with Crippen LogP contribution in [0.15, 0.2) is 35.9 Å². The molecule has 9 nitrogen and oxygen atoms in total. The van der Waals surface area contributed by atoms with Crippen molar-refractivity contribution in [2.24, 2.45) is 17.8 Å². The van der Waals surface area contributed by atoms with Crippen LogP contribution in [-0.4, -0.2) is 67.6 Å². The monoisotopic (exact) mass is 505 g/mol. The summed E-state index contributed by atoms with van der Waals surface area (Å²) in [7, 11) is 1.55. The van der Waals surface area contributed by atoms with Crippen LogP contribution in [0.25, 0.3) is 5.57 Å². The summed E-state index contributed by atoms with van der Waals surface area (Å²) in [5, 5.41) is 19.7. The Hall–Kier alpha value is -3.92. The molecule has 1 amide bonds. The Kier molecular flexibility index (Phi) is 6.59. The lowest BCUT2D eigenvalue weighted by Crippen LogP contribution is -2.58. The molecule has 37 heavy (non-hydrogen) atoms. The van der Waals surface area contributed by atoms with Gasteiger partial charge in [0.1, 0.15) is 18.4 Å². The molecular formula is C28H27NO8. The number of nitrogens with zero attached hydrogens (tertiary/aromatic N) is 1. The third-order valence-electron chi connectivity index (χ3n) is 7.42. The number of aliphatic hydroxyl groups excluding tert-OH is 2. The molecular weight excluding hydrogens is 478 g/mol. The van der Waals surface area contributed by atoms with Gasteiger partial charge in [0.15, 0.2) is 5.60 Å². The van der Waals surface area contributed by atoms with E-state index in [2.05, 4.69) is 23.7 Å². The average Bonchev–Trinajstić information content (AvgIpc) is 3.28. The molecule has 1 saturated heterocycles. The van der Waals surface area contributed by atoms with Gasteiger partial charge >= 0.3 is 12.2 Å². The Morgan fingerprint density at radius 2 is 2.03 bits per heavy atom. The Morgan fingerprint density at radius 3 is 2.70 bits per heavy atom. The number of hydrogen-bond donors (Lipinski definition) is 2. The molecule has 2 N–H and O–H groups in total. The summed E-state index contributed by atoms with van der Waals surface area (Å²) in [6.07, 6.45) is 2.08. The van der Waals surface area contributed by atoms with E-state index in [4.69, 9.17) is 24.1 Å². The van der Waals surface area contributed by atoms with Gasteiger partial charge < -0.3 is 29.2 Å². The van der Waals surface area contributed by atoms with Crippen molar-refractivity contribution in [1.29, 1.82) is 0 Å². The van der Waals surface area contributed by atoms with Gasteiger partial charge in [-0.2, -0.15) is 0 Å². The molecule has 1 spiro atoms. The highest BCUT2D eigenvalue weighted by Gasteiger charge is 2.62. The zero-order valence-electron chi connectivity index (χ0n) is 20.5. The Balaban J connectivity index is 1.79. The van der Waals surface area contributed by atoms with E-state index in [1.165, 1.54) is 4.90 Å². The topological polar surface area (TPSA) is 115 Å². The first-order valence-electron chi connectivity index (χ1n) is 12.1.